The Labute approximate surface area is 120 Å². The highest BCUT2D eigenvalue weighted by molar-refractivity contribution is 5.79. The fourth-order valence-corrected chi connectivity index (χ4v) is 2.54. The van der Waals surface area contributed by atoms with Crippen molar-refractivity contribution in [3.63, 3.8) is 0 Å². The van der Waals surface area contributed by atoms with Gasteiger partial charge in [0.1, 0.15) is 0 Å². The lowest BCUT2D eigenvalue weighted by Crippen LogP contribution is -2.38. The van der Waals surface area contributed by atoms with Crippen LogP contribution in [0, 0.1) is 5.92 Å². The van der Waals surface area contributed by atoms with Gasteiger partial charge in [-0.2, -0.15) is 0 Å². The molecule has 0 aromatic heterocycles. The van der Waals surface area contributed by atoms with Crippen LogP contribution in [-0.2, 0) is 11.2 Å². The summed E-state index contributed by atoms with van der Waals surface area (Å²) in [7, 11) is 3.22. The standard InChI is InChI=1S/C16H23NO3/c1-12-6-8-17(9-7-12)16(18)11-13-4-5-14(19-2)15(10-13)20-3/h4-5,10,12H,6-9,11H2,1-3H3. The quantitative estimate of drug-likeness (QED) is 0.849. The van der Waals surface area contributed by atoms with E-state index in [1.807, 2.05) is 23.1 Å². The molecule has 1 aliphatic heterocycles. The molecule has 0 radical (unpaired) electrons. The zero-order valence-electron chi connectivity index (χ0n) is 12.5. The summed E-state index contributed by atoms with van der Waals surface area (Å²) in [6, 6.07) is 5.65. The second-order valence-corrected chi connectivity index (χ2v) is 5.43. The van der Waals surface area contributed by atoms with E-state index in [9.17, 15) is 4.79 Å². The van der Waals surface area contributed by atoms with E-state index in [0.717, 1.165) is 37.4 Å². The van der Waals surface area contributed by atoms with Crippen LogP contribution in [0.3, 0.4) is 0 Å². The highest BCUT2D eigenvalue weighted by atomic mass is 16.5. The number of piperidine rings is 1. The van der Waals surface area contributed by atoms with Crippen molar-refractivity contribution in [3.8, 4) is 11.5 Å². The lowest BCUT2D eigenvalue weighted by atomic mass is 9.98. The first-order valence-electron chi connectivity index (χ1n) is 7.12. The maximum absolute atomic E-state index is 12.3. The molecule has 1 saturated heterocycles. The van der Waals surface area contributed by atoms with Gasteiger partial charge in [-0.25, -0.2) is 0 Å². The lowest BCUT2D eigenvalue weighted by molar-refractivity contribution is -0.131. The Morgan fingerprint density at radius 1 is 1.20 bits per heavy atom. The van der Waals surface area contributed by atoms with Gasteiger partial charge in [0.05, 0.1) is 20.6 Å². The highest BCUT2D eigenvalue weighted by Crippen LogP contribution is 2.28. The molecule has 110 valence electrons. The molecule has 1 aliphatic rings. The summed E-state index contributed by atoms with van der Waals surface area (Å²) in [5.74, 6) is 2.30. The Bertz CT molecular complexity index is 465. The number of methoxy groups -OCH3 is 2. The van der Waals surface area contributed by atoms with Gasteiger partial charge in [0, 0.05) is 13.1 Å². The number of likely N-dealkylation sites (tertiary alicyclic amines) is 1. The van der Waals surface area contributed by atoms with E-state index in [2.05, 4.69) is 6.92 Å². The van der Waals surface area contributed by atoms with E-state index in [-0.39, 0.29) is 5.91 Å². The normalized spacial score (nSPS) is 16.1. The Morgan fingerprint density at radius 2 is 1.85 bits per heavy atom. The van der Waals surface area contributed by atoms with Crippen LogP contribution < -0.4 is 9.47 Å². The van der Waals surface area contributed by atoms with E-state index in [1.54, 1.807) is 14.2 Å². The van der Waals surface area contributed by atoms with Crippen molar-refractivity contribution in [1.82, 2.24) is 4.90 Å². The third-order valence-corrected chi connectivity index (χ3v) is 3.94. The molecule has 0 spiro atoms. The van der Waals surface area contributed by atoms with Crippen LogP contribution in [0.4, 0.5) is 0 Å². The third kappa shape index (κ3) is 3.44. The van der Waals surface area contributed by atoms with Crippen molar-refractivity contribution in [1.29, 1.82) is 0 Å². The average molecular weight is 277 g/mol. The number of rotatable bonds is 4. The van der Waals surface area contributed by atoms with Gasteiger partial charge in [-0.05, 0) is 36.5 Å². The second kappa shape index (κ2) is 6.64. The second-order valence-electron chi connectivity index (χ2n) is 5.43. The van der Waals surface area contributed by atoms with Gasteiger partial charge in [0.15, 0.2) is 11.5 Å². The number of hydrogen-bond acceptors (Lipinski definition) is 3. The van der Waals surface area contributed by atoms with E-state index in [0.29, 0.717) is 17.9 Å². The van der Waals surface area contributed by atoms with E-state index < -0.39 is 0 Å². The zero-order valence-corrected chi connectivity index (χ0v) is 12.5. The minimum absolute atomic E-state index is 0.198. The SMILES string of the molecule is COc1ccc(CC(=O)N2CCC(C)CC2)cc1OC. The summed E-state index contributed by atoms with van der Waals surface area (Å²) in [5, 5.41) is 0. The molecule has 1 aromatic carbocycles. The molecule has 1 fully saturated rings. The van der Waals surface area contributed by atoms with Gasteiger partial charge in [-0.3, -0.25) is 4.79 Å². The minimum atomic E-state index is 0.198. The number of amides is 1. The van der Waals surface area contributed by atoms with Gasteiger partial charge in [0.2, 0.25) is 5.91 Å². The van der Waals surface area contributed by atoms with Gasteiger partial charge in [-0.15, -0.1) is 0 Å². The van der Waals surface area contributed by atoms with Gasteiger partial charge in [0.25, 0.3) is 0 Å². The Hall–Kier alpha value is -1.71. The predicted octanol–water partition coefficient (Wildman–Crippen LogP) is 2.50. The van der Waals surface area contributed by atoms with Crippen LogP contribution in [0.1, 0.15) is 25.3 Å². The topological polar surface area (TPSA) is 38.8 Å². The molecular weight excluding hydrogens is 254 g/mol. The van der Waals surface area contributed by atoms with Crippen LogP contribution >= 0.6 is 0 Å². The Kier molecular flexibility index (Phi) is 4.88. The van der Waals surface area contributed by atoms with E-state index in [4.69, 9.17) is 9.47 Å². The van der Waals surface area contributed by atoms with Crippen molar-refractivity contribution in [2.75, 3.05) is 27.3 Å². The molecule has 1 aromatic rings. The largest absolute Gasteiger partial charge is 0.493 e. The van der Waals surface area contributed by atoms with Gasteiger partial charge < -0.3 is 14.4 Å². The van der Waals surface area contributed by atoms with Crippen molar-refractivity contribution in [2.24, 2.45) is 5.92 Å². The average Bonchev–Trinajstić information content (AvgIpc) is 2.47. The summed E-state index contributed by atoms with van der Waals surface area (Å²) in [6.45, 7) is 4.01. The molecule has 1 heterocycles. The number of benzene rings is 1. The maximum atomic E-state index is 12.3. The van der Waals surface area contributed by atoms with Crippen LogP contribution in [0.2, 0.25) is 0 Å². The van der Waals surface area contributed by atoms with Crippen molar-refractivity contribution < 1.29 is 14.3 Å². The summed E-state index contributed by atoms with van der Waals surface area (Å²) < 4.78 is 10.5. The molecule has 1 amide bonds. The molecule has 4 nitrogen and oxygen atoms in total. The molecule has 2 rings (SSSR count). The van der Waals surface area contributed by atoms with Crippen molar-refractivity contribution in [2.45, 2.75) is 26.2 Å². The molecule has 4 heteroatoms. The number of ether oxygens (including phenoxy) is 2. The smallest absolute Gasteiger partial charge is 0.226 e. The first-order chi connectivity index (χ1) is 9.63. The third-order valence-electron chi connectivity index (χ3n) is 3.94. The highest BCUT2D eigenvalue weighted by Gasteiger charge is 2.20. The number of nitrogens with zero attached hydrogens (tertiary/aromatic N) is 1. The summed E-state index contributed by atoms with van der Waals surface area (Å²) >= 11 is 0. The van der Waals surface area contributed by atoms with E-state index >= 15 is 0 Å². The maximum Gasteiger partial charge on any atom is 0.226 e. The number of carbonyl (C=O) groups excluding carboxylic acids is 1. The summed E-state index contributed by atoms with van der Waals surface area (Å²) in [5.41, 5.74) is 0.964. The molecular formula is C16H23NO3. The van der Waals surface area contributed by atoms with Crippen LogP contribution in [0.25, 0.3) is 0 Å². The van der Waals surface area contributed by atoms with Gasteiger partial charge in [-0.1, -0.05) is 13.0 Å². The fourth-order valence-electron chi connectivity index (χ4n) is 2.54. The summed E-state index contributed by atoms with van der Waals surface area (Å²) in [6.07, 6.45) is 2.64. The van der Waals surface area contributed by atoms with Gasteiger partial charge >= 0.3 is 0 Å². The van der Waals surface area contributed by atoms with E-state index in [1.165, 1.54) is 0 Å². The molecule has 0 unspecified atom stereocenters. The summed E-state index contributed by atoms with van der Waals surface area (Å²) in [4.78, 5) is 14.3. The monoisotopic (exact) mass is 277 g/mol. The number of hydrogen-bond donors (Lipinski definition) is 0. The van der Waals surface area contributed by atoms with Crippen LogP contribution in [0.15, 0.2) is 18.2 Å². The number of carbonyl (C=O) groups is 1. The molecule has 20 heavy (non-hydrogen) atoms. The Morgan fingerprint density at radius 3 is 2.45 bits per heavy atom. The van der Waals surface area contributed by atoms with Crippen LogP contribution in [0.5, 0.6) is 11.5 Å². The molecule has 0 saturated carbocycles. The molecule has 0 atom stereocenters. The lowest BCUT2D eigenvalue weighted by Gasteiger charge is -2.30. The minimum Gasteiger partial charge on any atom is -0.493 e. The van der Waals surface area contributed by atoms with Crippen LogP contribution in [-0.4, -0.2) is 38.1 Å². The zero-order chi connectivity index (χ0) is 14.5. The molecule has 0 aliphatic carbocycles. The van der Waals surface area contributed by atoms with Crippen molar-refractivity contribution in [3.05, 3.63) is 23.8 Å². The Balaban J connectivity index is 2.00. The predicted molar refractivity (Wildman–Crippen MR) is 78.2 cm³/mol. The first kappa shape index (κ1) is 14.7. The molecule has 0 N–H and O–H groups in total. The fraction of sp³-hybridized carbons (Fsp3) is 0.562. The first-order valence-corrected chi connectivity index (χ1v) is 7.12. The van der Waals surface area contributed by atoms with Crippen molar-refractivity contribution >= 4 is 5.91 Å². The molecule has 0 bridgehead atoms.